The van der Waals surface area contributed by atoms with Gasteiger partial charge in [0.1, 0.15) is 11.5 Å². The third-order valence-electron chi connectivity index (χ3n) is 3.57. The molecule has 0 aliphatic heterocycles. The van der Waals surface area contributed by atoms with E-state index in [1.165, 1.54) is 31.2 Å². The van der Waals surface area contributed by atoms with E-state index in [9.17, 15) is 14.0 Å². The molecule has 0 saturated heterocycles. The fraction of sp³-hybridized carbons (Fsp3) is 0.105. The Labute approximate surface area is 143 Å². The van der Waals surface area contributed by atoms with Gasteiger partial charge in [-0.3, -0.25) is 4.79 Å². The molecule has 1 amide bonds. The highest BCUT2D eigenvalue weighted by Crippen LogP contribution is 2.14. The quantitative estimate of drug-likeness (QED) is 0.739. The summed E-state index contributed by atoms with van der Waals surface area (Å²) < 4.78 is 18.0. The Kier molecular flexibility index (Phi) is 4.70. The van der Waals surface area contributed by atoms with E-state index in [0.29, 0.717) is 11.2 Å². The van der Waals surface area contributed by atoms with Gasteiger partial charge in [0.05, 0.1) is 5.52 Å². The number of anilines is 1. The molecule has 1 N–H and O–H groups in total. The lowest BCUT2D eigenvalue weighted by molar-refractivity contribution is -0.123. The number of nitrogens with one attached hydrogen (secondary N) is 1. The van der Waals surface area contributed by atoms with Gasteiger partial charge in [0.2, 0.25) is 0 Å². The van der Waals surface area contributed by atoms with Gasteiger partial charge in [0, 0.05) is 11.1 Å². The lowest BCUT2D eigenvalue weighted by Gasteiger charge is -2.13. The highest BCUT2D eigenvalue weighted by Gasteiger charge is 2.20. The summed E-state index contributed by atoms with van der Waals surface area (Å²) >= 11 is 0. The zero-order chi connectivity index (χ0) is 17.8. The van der Waals surface area contributed by atoms with E-state index in [4.69, 9.17) is 4.74 Å². The molecule has 1 atom stereocenters. The molecule has 5 nitrogen and oxygen atoms in total. The molecule has 3 rings (SSSR count). The van der Waals surface area contributed by atoms with Gasteiger partial charge < -0.3 is 10.1 Å². The van der Waals surface area contributed by atoms with Gasteiger partial charge in [-0.2, -0.15) is 0 Å². The van der Waals surface area contributed by atoms with Gasteiger partial charge in [-0.05, 0) is 43.3 Å². The minimum absolute atomic E-state index is 0.125. The first-order valence-electron chi connectivity index (χ1n) is 7.66. The molecule has 25 heavy (non-hydrogen) atoms. The molecule has 1 aromatic heterocycles. The summed E-state index contributed by atoms with van der Waals surface area (Å²) in [7, 11) is 0. The molecule has 0 unspecified atom stereocenters. The van der Waals surface area contributed by atoms with Crippen LogP contribution in [0.25, 0.3) is 10.9 Å². The Balaban J connectivity index is 1.66. The average molecular weight is 338 g/mol. The van der Waals surface area contributed by atoms with Crippen LogP contribution in [0.2, 0.25) is 0 Å². The molecule has 0 aliphatic carbocycles. The smallest absolute Gasteiger partial charge is 0.357 e. The first kappa shape index (κ1) is 16.6. The standard InChI is InChI=1S/C19H15FN2O3/c1-12(18(23)21-15-9-7-14(20)8-10-15)25-19(24)17-11-6-13-4-2-3-5-16(13)22-17/h2-12H,1H3,(H,21,23)/t12-/m0/s1. The number of carbonyl (C=O) groups is 2. The van der Waals surface area contributed by atoms with Crippen LogP contribution in [0.5, 0.6) is 0 Å². The topological polar surface area (TPSA) is 68.3 Å². The summed E-state index contributed by atoms with van der Waals surface area (Å²) in [4.78, 5) is 28.5. The number of benzene rings is 2. The Morgan fingerprint density at radius 3 is 2.52 bits per heavy atom. The monoisotopic (exact) mass is 338 g/mol. The second-order valence-electron chi connectivity index (χ2n) is 5.43. The fourth-order valence-electron chi connectivity index (χ4n) is 2.23. The number of fused-ring (bicyclic) bond motifs is 1. The van der Waals surface area contributed by atoms with Crippen molar-refractivity contribution < 1.29 is 18.7 Å². The Hall–Kier alpha value is -3.28. The summed E-state index contributed by atoms with van der Waals surface area (Å²) in [6.45, 7) is 1.46. The van der Waals surface area contributed by atoms with Crippen molar-refractivity contribution in [3.05, 3.63) is 72.2 Å². The maximum absolute atomic E-state index is 12.9. The largest absolute Gasteiger partial charge is 0.448 e. The van der Waals surface area contributed by atoms with Crippen LogP contribution in [0.3, 0.4) is 0 Å². The van der Waals surface area contributed by atoms with Crippen molar-refractivity contribution in [2.24, 2.45) is 0 Å². The number of hydrogen-bond donors (Lipinski definition) is 1. The van der Waals surface area contributed by atoms with Gasteiger partial charge in [0.25, 0.3) is 5.91 Å². The van der Waals surface area contributed by atoms with E-state index in [1.807, 2.05) is 18.2 Å². The maximum atomic E-state index is 12.9. The van der Waals surface area contributed by atoms with Crippen LogP contribution in [-0.4, -0.2) is 23.0 Å². The van der Waals surface area contributed by atoms with E-state index < -0.39 is 23.8 Å². The third kappa shape index (κ3) is 3.98. The molecule has 1 heterocycles. The van der Waals surface area contributed by atoms with Crippen LogP contribution in [0.1, 0.15) is 17.4 Å². The Bertz CT molecular complexity index is 925. The van der Waals surface area contributed by atoms with Crippen molar-refractivity contribution in [3.8, 4) is 0 Å². The molecule has 0 spiro atoms. The number of nitrogens with zero attached hydrogens (tertiary/aromatic N) is 1. The van der Waals surface area contributed by atoms with E-state index >= 15 is 0 Å². The number of rotatable bonds is 4. The lowest BCUT2D eigenvalue weighted by Crippen LogP contribution is -2.30. The van der Waals surface area contributed by atoms with Crippen molar-refractivity contribution in [1.82, 2.24) is 4.98 Å². The van der Waals surface area contributed by atoms with Crippen LogP contribution in [0, 0.1) is 5.82 Å². The fourth-order valence-corrected chi connectivity index (χ4v) is 2.23. The summed E-state index contributed by atoms with van der Waals surface area (Å²) in [6, 6.07) is 16.0. The van der Waals surface area contributed by atoms with Crippen molar-refractivity contribution in [2.45, 2.75) is 13.0 Å². The lowest BCUT2D eigenvalue weighted by atomic mass is 10.2. The highest BCUT2D eigenvalue weighted by atomic mass is 19.1. The number of para-hydroxylation sites is 1. The second kappa shape index (κ2) is 7.09. The van der Waals surface area contributed by atoms with Gasteiger partial charge in [-0.25, -0.2) is 14.2 Å². The highest BCUT2D eigenvalue weighted by molar-refractivity contribution is 5.97. The molecule has 0 aliphatic rings. The molecule has 0 bridgehead atoms. The summed E-state index contributed by atoms with van der Waals surface area (Å²) in [5.74, 6) is -1.60. The summed E-state index contributed by atoms with van der Waals surface area (Å²) in [6.07, 6.45) is -1.02. The van der Waals surface area contributed by atoms with Gasteiger partial charge in [0.15, 0.2) is 6.10 Å². The molecule has 3 aromatic rings. The van der Waals surface area contributed by atoms with E-state index in [0.717, 1.165) is 5.39 Å². The molecule has 0 fully saturated rings. The number of aromatic nitrogens is 1. The number of carbonyl (C=O) groups excluding carboxylic acids is 2. The predicted octanol–water partition coefficient (Wildman–Crippen LogP) is 3.56. The van der Waals surface area contributed by atoms with Crippen molar-refractivity contribution >= 4 is 28.5 Å². The Morgan fingerprint density at radius 1 is 1.04 bits per heavy atom. The van der Waals surface area contributed by atoms with E-state index in [2.05, 4.69) is 10.3 Å². The minimum atomic E-state index is -1.02. The predicted molar refractivity (Wildman–Crippen MR) is 91.7 cm³/mol. The normalized spacial score (nSPS) is 11.8. The number of ether oxygens (including phenoxy) is 1. The van der Waals surface area contributed by atoms with Crippen LogP contribution >= 0.6 is 0 Å². The zero-order valence-corrected chi connectivity index (χ0v) is 13.4. The molecule has 6 heteroatoms. The zero-order valence-electron chi connectivity index (χ0n) is 13.4. The average Bonchev–Trinajstić information content (AvgIpc) is 2.63. The number of halogens is 1. The van der Waals surface area contributed by atoms with Crippen LogP contribution in [-0.2, 0) is 9.53 Å². The number of pyridine rings is 1. The Morgan fingerprint density at radius 2 is 1.76 bits per heavy atom. The van der Waals surface area contributed by atoms with Crippen molar-refractivity contribution in [2.75, 3.05) is 5.32 Å². The van der Waals surface area contributed by atoms with Gasteiger partial charge in [-0.15, -0.1) is 0 Å². The minimum Gasteiger partial charge on any atom is -0.448 e. The number of esters is 1. The first-order valence-corrected chi connectivity index (χ1v) is 7.66. The number of amides is 1. The van der Waals surface area contributed by atoms with Crippen molar-refractivity contribution in [1.29, 1.82) is 0 Å². The van der Waals surface area contributed by atoms with Crippen LogP contribution in [0.4, 0.5) is 10.1 Å². The van der Waals surface area contributed by atoms with E-state index in [1.54, 1.807) is 18.2 Å². The summed E-state index contributed by atoms with van der Waals surface area (Å²) in [5.41, 5.74) is 1.21. The van der Waals surface area contributed by atoms with Crippen molar-refractivity contribution in [3.63, 3.8) is 0 Å². The molecular formula is C19H15FN2O3. The first-order chi connectivity index (χ1) is 12.0. The molecule has 126 valence electrons. The maximum Gasteiger partial charge on any atom is 0.357 e. The van der Waals surface area contributed by atoms with Gasteiger partial charge in [-0.1, -0.05) is 24.3 Å². The molecule has 0 saturated carbocycles. The SMILES string of the molecule is C[C@H](OC(=O)c1ccc2ccccc2n1)C(=O)Nc1ccc(F)cc1. The summed E-state index contributed by atoms with van der Waals surface area (Å²) in [5, 5.41) is 3.46. The second-order valence-corrected chi connectivity index (χ2v) is 5.43. The van der Waals surface area contributed by atoms with Crippen LogP contribution in [0.15, 0.2) is 60.7 Å². The van der Waals surface area contributed by atoms with E-state index in [-0.39, 0.29) is 5.69 Å². The molecule has 0 radical (unpaired) electrons. The third-order valence-corrected chi connectivity index (χ3v) is 3.57. The molecular weight excluding hydrogens is 323 g/mol. The van der Waals surface area contributed by atoms with Crippen LogP contribution < -0.4 is 5.32 Å². The number of hydrogen-bond acceptors (Lipinski definition) is 4. The molecule has 2 aromatic carbocycles. The van der Waals surface area contributed by atoms with Gasteiger partial charge >= 0.3 is 5.97 Å².